The van der Waals surface area contributed by atoms with Crippen LogP contribution in [0, 0.1) is 11.3 Å². The van der Waals surface area contributed by atoms with Gasteiger partial charge in [0.05, 0.1) is 18.4 Å². The minimum absolute atomic E-state index is 0.632. The number of aromatic nitrogens is 1. The lowest BCUT2D eigenvalue weighted by Crippen LogP contribution is -2.33. The summed E-state index contributed by atoms with van der Waals surface area (Å²) in [6.07, 6.45) is 15.9. The van der Waals surface area contributed by atoms with Gasteiger partial charge in [-0.25, -0.2) is 4.98 Å². The van der Waals surface area contributed by atoms with Crippen molar-refractivity contribution < 1.29 is 9.15 Å². The Hall–Kier alpha value is -1.77. The summed E-state index contributed by atoms with van der Waals surface area (Å²) in [7, 11) is 0. The van der Waals surface area contributed by atoms with Crippen LogP contribution in [0.3, 0.4) is 0 Å². The lowest BCUT2D eigenvalue weighted by Gasteiger charge is -2.43. The number of ether oxygens (including phenoxy) is 1. The van der Waals surface area contributed by atoms with E-state index in [9.17, 15) is 0 Å². The number of rotatable bonds is 4. The lowest BCUT2D eigenvalue weighted by molar-refractivity contribution is 0.0659. The van der Waals surface area contributed by atoms with Gasteiger partial charge in [-0.2, -0.15) is 0 Å². The van der Waals surface area contributed by atoms with Gasteiger partial charge >= 0.3 is 0 Å². The minimum atomic E-state index is 0.632. The molecular formula is C21H27NO2. The van der Waals surface area contributed by atoms with Crippen LogP contribution >= 0.6 is 0 Å². The topological polar surface area (TPSA) is 35.3 Å². The zero-order valence-corrected chi connectivity index (χ0v) is 14.4. The average molecular weight is 325 g/mol. The molecular weight excluding hydrogens is 298 g/mol. The summed E-state index contributed by atoms with van der Waals surface area (Å²) in [5, 5.41) is 0. The first kappa shape index (κ1) is 15.7. The molecule has 2 aromatic rings. The van der Waals surface area contributed by atoms with Crippen LogP contribution in [0.4, 0.5) is 0 Å². The second-order valence-corrected chi connectivity index (χ2v) is 7.67. The van der Waals surface area contributed by atoms with Crippen molar-refractivity contribution >= 4 is 0 Å². The van der Waals surface area contributed by atoms with E-state index in [0.29, 0.717) is 17.2 Å². The maximum Gasteiger partial charge on any atom is 0.229 e. The molecule has 3 heteroatoms. The smallest absolute Gasteiger partial charge is 0.229 e. The van der Waals surface area contributed by atoms with E-state index in [0.717, 1.165) is 17.9 Å². The highest BCUT2D eigenvalue weighted by atomic mass is 16.5. The molecule has 1 aromatic carbocycles. The Morgan fingerprint density at radius 2 is 1.92 bits per heavy atom. The molecule has 128 valence electrons. The number of hydrogen-bond donors (Lipinski definition) is 0. The normalized spacial score (nSPS) is 23.2. The van der Waals surface area contributed by atoms with Crippen LogP contribution in [0.5, 0.6) is 5.75 Å². The van der Waals surface area contributed by atoms with E-state index in [2.05, 4.69) is 4.98 Å². The zero-order chi connectivity index (χ0) is 16.2. The number of hydrogen-bond acceptors (Lipinski definition) is 3. The van der Waals surface area contributed by atoms with Crippen LogP contribution in [0.1, 0.15) is 57.8 Å². The molecule has 4 rings (SSSR count). The van der Waals surface area contributed by atoms with Gasteiger partial charge in [0, 0.05) is 0 Å². The minimum Gasteiger partial charge on any atom is -0.492 e. The third-order valence-corrected chi connectivity index (χ3v) is 5.98. The molecule has 0 saturated heterocycles. The molecule has 2 aliphatic carbocycles. The Morgan fingerprint density at radius 1 is 1.08 bits per heavy atom. The van der Waals surface area contributed by atoms with E-state index < -0.39 is 0 Å². The van der Waals surface area contributed by atoms with Gasteiger partial charge in [0.15, 0.2) is 0 Å². The summed E-state index contributed by atoms with van der Waals surface area (Å²) in [4.78, 5) is 4.26. The Labute approximate surface area is 144 Å². The molecule has 1 aromatic heterocycles. The average Bonchev–Trinajstić information content (AvgIpc) is 3.15. The predicted molar refractivity (Wildman–Crippen MR) is 94.9 cm³/mol. The van der Waals surface area contributed by atoms with Gasteiger partial charge in [0.2, 0.25) is 5.89 Å². The molecule has 0 radical (unpaired) electrons. The predicted octanol–water partition coefficient (Wildman–Crippen LogP) is 5.86. The quantitative estimate of drug-likeness (QED) is 0.706. The molecule has 1 heterocycles. The van der Waals surface area contributed by atoms with Crippen molar-refractivity contribution in [2.24, 2.45) is 11.3 Å². The van der Waals surface area contributed by atoms with Crippen molar-refractivity contribution in [2.45, 2.75) is 57.8 Å². The van der Waals surface area contributed by atoms with Crippen molar-refractivity contribution in [3.05, 3.63) is 36.7 Å². The molecule has 0 N–H and O–H groups in total. The van der Waals surface area contributed by atoms with E-state index in [-0.39, 0.29) is 0 Å². The van der Waals surface area contributed by atoms with Crippen molar-refractivity contribution in [3.8, 4) is 17.2 Å². The SMILES string of the molecule is c1ccc(-c2ncco2)c(OCC2CCCC3(CCCCC3)C2)c1. The van der Waals surface area contributed by atoms with Crippen molar-refractivity contribution in [1.82, 2.24) is 4.98 Å². The van der Waals surface area contributed by atoms with Crippen LogP contribution in [0.2, 0.25) is 0 Å². The third-order valence-electron chi connectivity index (χ3n) is 5.98. The van der Waals surface area contributed by atoms with Gasteiger partial charge in [0.1, 0.15) is 12.0 Å². The van der Waals surface area contributed by atoms with Gasteiger partial charge in [-0.05, 0) is 55.6 Å². The summed E-state index contributed by atoms with van der Waals surface area (Å²) in [6.45, 7) is 0.819. The fourth-order valence-corrected chi connectivity index (χ4v) is 4.81. The van der Waals surface area contributed by atoms with Crippen molar-refractivity contribution in [3.63, 3.8) is 0 Å². The highest BCUT2D eigenvalue weighted by Gasteiger charge is 2.37. The number of oxazole rings is 1. The highest BCUT2D eigenvalue weighted by Crippen LogP contribution is 2.49. The van der Waals surface area contributed by atoms with Crippen LogP contribution in [-0.2, 0) is 0 Å². The molecule has 2 saturated carbocycles. The summed E-state index contributed by atoms with van der Waals surface area (Å²) >= 11 is 0. The number of nitrogens with zero attached hydrogens (tertiary/aromatic N) is 1. The molecule has 2 aliphatic rings. The fraction of sp³-hybridized carbons (Fsp3) is 0.571. The van der Waals surface area contributed by atoms with Crippen LogP contribution in [0.15, 0.2) is 41.1 Å². The lowest BCUT2D eigenvalue weighted by atomic mass is 9.63. The Bertz CT molecular complexity index is 638. The van der Waals surface area contributed by atoms with Gasteiger partial charge in [-0.15, -0.1) is 0 Å². The van der Waals surface area contributed by atoms with Gasteiger partial charge < -0.3 is 9.15 Å². The molecule has 3 nitrogen and oxygen atoms in total. The van der Waals surface area contributed by atoms with Gasteiger partial charge in [-0.3, -0.25) is 0 Å². The maximum absolute atomic E-state index is 6.23. The van der Waals surface area contributed by atoms with Gasteiger partial charge in [-0.1, -0.05) is 37.8 Å². The standard InChI is InChI=1S/C21H27NO2/c1-4-10-21(11-5-1)12-6-7-17(15-21)16-24-19-9-3-2-8-18(19)20-22-13-14-23-20/h2-3,8-9,13-14,17H,1,4-7,10-12,15-16H2. The first-order valence-corrected chi connectivity index (χ1v) is 9.46. The molecule has 1 unspecified atom stereocenters. The highest BCUT2D eigenvalue weighted by molar-refractivity contribution is 5.62. The van der Waals surface area contributed by atoms with Crippen LogP contribution in [-0.4, -0.2) is 11.6 Å². The monoisotopic (exact) mass is 325 g/mol. The fourth-order valence-electron chi connectivity index (χ4n) is 4.81. The van der Waals surface area contributed by atoms with E-state index in [1.807, 2.05) is 24.3 Å². The second kappa shape index (κ2) is 7.00. The van der Waals surface area contributed by atoms with Crippen molar-refractivity contribution in [1.29, 1.82) is 0 Å². The first-order chi connectivity index (χ1) is 11.8. The first-order valence-electron chi connectivity index (χ1n) is 9.46. The summed E-state index contributed by atoms with van der Waals surface area (Å²) < 4.78 is 11.7. The molecule has 0 amide bonds. The Balaban J connectivity index is 1.42. The summed E-state index contributed by atoms with van der Waals surface area (Å²) in [5.74, 6) is 2.22. The molecule has 1 atom stereocenters. The third kappa shape index (κ3) is 3.35. The Kier molecular flexibility index (Phi) is 4.59. The molecule has 24 heavy (non-hydrogen) atoms. The van der Waals surface area contributed by atoms with Crippen LogP contribution < -0.4 is 4.74 Å². The second-order valence-electron chi connectivity index (χ2n) is 7.67. The van der Waals surface area contributed by atoms with Crippen molar-refractivity contribution in [2.75, 3.05) is 6.61 Å². The van der Waals surface area contributed by atoms with Gasteiger partial charge in [0.25, 0.3) is 0 Å². The summed E-state index contributed by atoms with van der Waals surface area (Å²) in [6, 6.07) is 8.07. The van der Waals surface area contributed by atoms with E-state index in [1.54, 1.807) is 12.5 Å². The number of para-hydroxylation sites is 1. The van der Waals surface area contributed by atoms with E-state index in [4.69, 9.17) is 9.15 Å². The van der Waals surface area contributed by atoms with E-state index in [1.165, 1.54) is 57.8 Å². The van der Waals surface area contributed by atoms with E-state index >= 15 is 0 Å². The molecule has 2 fully saturated rings. The molecule has 0 aliphatic heterocycles. The summed E-state index contributed by atoms with van der Waals surface area (Å²) in [5.41, 5.74) is 1.58. The maximum atomic E-state index is 6.23. The van der Waals surface area contributed by atoms with Crippen LogP contribution in [0.25, 0.3) is 11.5 Å². The largest absolute Gasteiger partial charge is 0.492 e. The Morgan fingerprint density at radius 3 is 2.75 bits per heavy atom. The number of benzene rings is 1. The molecule has 1 spiro atoms. The zero-order valence-electron chi connectivity index (χ0n) is 14.4. The molecule has 0 bridgehead atoms.